The van der Waals surface area contributed by atoms with E-state index in [9.17, 15) is 0 Å². The van der Waals surface area contributed by atoms with Crippen molar-refractivity contribution in [2.24, 2.45) is 0 Å². The number of hydrogen-bond donors (Lipinski definition) is 3. The second kappa shape index (κ2) is 10.8. The smallest absolute Gasteiger partial charge is 0.170 e. The number of nitrogens with one attached hydrogen (secondary N) is 3. The van der Waals surface area contributed by atoms with Crippen LogP contribution in [0.5, 0.6) is 0 Å². The van der Waals surface area contributed by atoms with E-state index in [2.05, 4.69) is 46.7 Å². The number of morpholine rings is 1. The number of fused-ring (bicyclic) bond motifs is 1. The zero-order valence-corrected chi connectivity index (χ0v) is 19.5. The first-order valence-corrected chi connectivity index (χ1v) is 11.5. The minimum absolute atomic E-state index is 0.611. The summed E-state index contributed by atoms with van der Waals surface area (Å²) in [4.78, 5) is 11.2. The Bertz CT molecular complexity index is 1040. The van der Waals surface area contributed by atoms with Crippen molar-refractivity contribution in [3.63, 3.8) is 0 Å². The molecule has 9 heteroatoms. The number of ether oxygens (including phenoxy) is 1. The van der Waals surface area contributed by atoms with Gasteiger partial charge in [-0.3, -0.25) is 4.90 Å². The van der Waals surface area contributed by atoms with E-state index in [1.165, 1.54) is 0 Å². The first kappa shape index (κ1) is 21.9. The first-order valence-electron chi connectivity index (χ1n) is 10.3. The third-order valence-corrected chi connectivity index (χ3v) is 5.76. The van der Waals surface area contributed by atoms with Gasteiger partial charge in [-0.1, -0.05) is 22.0 Å². The molecule has 0 atom stereocenters. The van der Waals surface area contributed by atoms with E-state index >= 15 is 0 Å². The molecule has 0 bridgehead atoms. The summed E-state index contributed by atoms with van der Waals surface area (Å²) in [5.41, 5.74) is 2.71. The molecule has 2 heterocycles. The predicted molar refractivity (Wildman–Crippen MR) is 133 cm³/mol. The Morgan fingerprint density at radius 3 is 2.81 bits per heavy atom. The zero-order chi connectivity index (χ0) is 21.5. The number of anilines is 3. The number of halogens is 1. The van der Waals surface area contributed by atoms with Gasteiger partial charge in [-0.15, -0.1) is 0 Å². The summed E-state index contributed by atoms with van der Waals surface area (Å²) in [6, 6.07) is 13.9. The predicted octanol–water partition coefficient (Wildman–Crippen LogP) is 4.14. The molecule has 4 rings (SSSR count). The van der Waals surface area contributed by atoms with Gasteiger partial charge in [0.15, 0.2) is 5.11 Å². The summed E-state index contributed by atoms with van der Waals surface area (Å²) in [6.07, 6.45) is 2.60. The highest BCUT2D eigenvalue weighted by Gasteiger charge is 2.10. The molecule has 1 aliphatic heterocycles. The molecule has 3 N–H and O–H groups in total. The number of benzene rings is 2. The molecule has 0 aliphatic carbocycles. The summed E-state index contributed by atoms with van der Waals surface area (Å²) < 4.78 is 6.39. The molecule has 3 aromatic rings. The SMILES string of the molecule is S=C(NCCCN1CCOCC1)Nc1ccc2ncnc(Nc3cccc(Br)c3)c2c1. The van der Waals surface area contributed by atoms with Crippen LogP contribution in [0.3, 0.4) is 0 Å². The monoisotopic (exact) mass is 500 g/mol. The largest absolute Gasteiger partial charge is 0.379 e. The van der Waals surface area contributed by atoms with E-state index in [0.717, 1.165) is 78.4 Å². The average Bonchev–Trinajstić information content (AvgIpc) is 2.78. The number of hydrogen-bond acceptors (Lipinski definition) is 6. The van der Waals surface area contributed by atoms with Gasteiger partial charge < -0.3 is 20.7 Å². The molecule has 1 fully saturated rings. The Morgan fingerprint density at radius 2 is 1.97 bits per heavy atom. The number of thiocarbonyl (C=S) groups is 1. The van der Waals surface area contributed by atoms with Crippen LogP contribution in [0.4, 0.5) is 17.2 Å². The van der Waals surface area contributed by atoms with Crippen LogP contribution >= 0.6 is 28.1 Å². The first-order chi connectivity index (χ1) is 15.2. The van der Waals surface area contributed by atoms with Crippen molar-refractivity contribution < 1.29 is 4.74 Å². The number of aromatic nitrogens is 2. The van der Waals surface area contributed by atoms with Crippen LogP contribution in [0.2, 0.25) is 0 Å². The quantitative estimate of drug-likeness (QED) is 0.330. The lowest BCUT2D eigenvalue weighted by Gasteiger charge is -2.26. The normalized spacial score (nSPS) is 14.4. The van der Waals surface area contributed by atoms with Crippen LogP contribution in [0.1, 0.15) is 6.42 Å². The second-order valence-corrected chi connectivity index (χ2v) is 8.60. The Balaban J connectivity index is 1.36. The van der Waals surface area contributed by atoms with E-state index in [0.29, 0.717) is 5.11 Å². The van der Waals surface area contributed by atoms with E-state index in [4.69, 9.17) is 17.0 Å². The Kier molecular flexibility index (Phi) is 7.63. The van der Waals surface area contributed by atoms with Crippen molar-refractivity contribution in [3.05, 3.63) is 53.3 Å². The molecule has 0 amide bonds. The standard InChI is InChI=1S/C22H25BrN6OS/c23-16-3-1-4-17(13-16)27-21-19-14-18(5-6-20(19)25-15-26-21)28-22(31)24-7-2-8-29-9-11-30-12-10-29/h1,3-6,13-15H,2,7-12H2,(H2,24,28,31)(H,25,26,27). The molecule has 1 aromatic heterocycles. The van der Waals surface area contributed by atoms with Gasteiger partial charge >= 0.3 is 0 Å². The van der Waals surface area contributed by atoms with Gasteiger partial charge in [0.05, 0.1) is 18.7 Å². The second-order valence-electron chi connectivity index (χ2n) is 7.28. The van der Waals surface area contributed by atoms with Crippen molar-refractivity contribution in [1.82, 2.24) is 20.2 Å². The fourth-order valence-corrected chi connectivity index (χ4v) is 4.06. The van der Waals surface area contributed by atoms with Crippen molar-refractivity contribution in [3.8, 4) is 0 Å². The highest BCUT2D eigenvalue weighted by molar-refractivity contribution is 9.10. The molecule has 1 aliphatic rings. The van der Waals surface area contributed by atoms with Crippen LogP contribution in [-0.2, 0) is 4.74 Å². The van der Waals surface area contributed by atoms with Gasteiger partial charge in [0.2, 0.25) is 0 Å². The van der Waals surface area contributed by atoms with Gasteiger partial charge in [0, 0.05) is 40.9 Å². The molecular weight excluding hydrogens is 476 g/mol. The Labute approximate surface area is 195 Å². The van der Waals surface area contributed by atoms with Crippen molar-refractivity contribution in [2.45, 2.75) is 6.42 Å². The van der Waals surface area contributed by atoms with E-state index in [1.807, 2.05) is 42.5 Å². The van der Waals surface area contributed by atoms with Crippen LogP contribution in [0, 0.1) is 0 Å². The molecule has 0 unspecified atom stereocenters. The third kappa shape index (κ3) is 6.33. The summed E-state index contributed by atoms with van der Waals surface area (Å²) in [7, 11) is 0. The van der Waals surface area contributed by atoms with E-state index in [1.54, 1.807) is 6.33 Å². The Morgan fingerprint density at radius 1 is 1.10 bits per heavy atom. The average molecular weight is 501 g/mol. The van der Waals surface area contributed by atoms with E-state index < -0.39 is 0 Å². The van der Waals surface area contributed by atoms with Gasteiger partial charge in [-0.05, 0) is 61.6 Å². The third-order valence-electron chi connectivity index (χ3n) is 5.02. The maximum atomic E-state index is 5.47. The van der Waals surface area contributed by atoms with Gasteiger partial charge in [-0.2, -0.15) is 0 Å². The molecule has 0 spiro atoms. The molecule has 0 saturated carbocycles. The molecule has 0 radical (unpaired) electrons. The van der Waals surface area contributed by atoms with Gasteiger partial charge in [-0.25, -0.2) is 9.97 Å². The highest BCUT2D eigenvalue weighted by Crippen LogP contribution is 2.26. The van der Waals surface area contributed by atoms with E-state index in [-0.39, 0.29) is 0 Å². The van der Waals surface area contributed by atoms with Crippen molar-refractivity contribution in [2.75, 3.05) is 50.0 Å². The van der Waals surface area contributed by atoms with Gasteiger partial charge in [0.1, 0.15) is 12.1 Å². The minimum Gasteiger partial charge on any atom is -0.379 e. The molecule has 7 nitrogen and oxygen atoms in total. The topological polar surface area (TPSA) is 74.3 Å². The minimum atomic E-state index is 0.611. The van der Waals surface area contributed by atoms with Crippen LogP contribution in [-0.4, -0.2) is 59.4 Å². The number of nitrogens with zero attached hydrogens (tertiary/aromatic N) is 3. The number of rotatable bonds is 7. The molecular formula is C22H25BrN6OS. The lowest BCUT2D eigenvalue weighted by atomic mass is 10.2. The summed E-state index contributed by atoms with van der Waals surface area (Å²) in [5, 5.41) is 11.5. The lowest BCUT2D eigenvalue weighted by molar-refractivity contribution is 0.0376. The van der Waals surface area contributed by atoms with Crippen molar-refractivity contribution in [1.29, 1.82) is 0 Å². The fourth-order valence-electron chi connectivity index (χ4n) is 3.44. The van der Waals surface area contributed by atoms with Crippen molar-refractivity contribution >= 4 is 61.4 Å². The molecule has 1 saturated heterocycles. The fraction of sp³-hybridized carbons (Fsp3) is 0.318. The van der Waals surface area contributed by atoms with Crippen LogP contribution < -0.4 is 16.0 Å². The lowest BCUT2D eigenvalue weighted by Crippen LogP contribution is -2.38. The zero-order valence-electron chi connectivity index (χ0n) is 17.1. The van der Waals surface area contributed by atoms with Crippen LogP contribution in [0.25, 0.3) is 10.9 Å². The Hall–Kier alpha value is -2.33. The van der Waals surface area contributed by atoms with Crippen LogP contribution in [0.15, 0.2) is 53.3 Å². The molecule has 31 heavy (non-hydrogen) atoms. The summed E-state index contributed by atoms with van der Waals surface area (Å²) in [5.74, 6) is 0.746. The van der Waals surface area contributed by atoms with Gasteiger partial charge in [0.25, 0.3) is 0 Å². The summed E-state index contributed by atoms with van der Waals surface area (Å²) in [6.45, 7) is 5.57. The maximum absolute atomic E-state index is 5.47. The molecule has 162 valence electrons. The molecule has 2 aromatic carbocycles. The highest BCUT2D eigenvalue weighted by atomic mass is 79.9. The maximum Gasteiger partial charge on any atom is 0.170 e. The summed E-state index contributed by atoms with van der Waals surface area (Å²) >= 11 is 8.97.